The molecule has 0 spiro atoms. The highest BCUT2D eigenvalue weighted by Crippen LogP contribution is 2.39. The Morgan fingerprint density at radius 3 is 2.75 bits per heavy atom. The Morgan fingerprint density at radius 1 is 1.38 bits per heavy atom. The van der Waals surface area contributed by atoms with E-state index in [2.05, 4.69) is 38.8 Å². The van der Waals surface area contributed by atoms with Crippen molar-refractivity contribution in [1.82, 2.24) is 0 Å². The topological polar surface area (TPSA) is 0 Å². The summed E-state index contributed by atoms with van der Waals surface area (Å²) in [6.07, 6.45) is 3.44. The van der Waals surface area contributed by atoms with E-state index in [4.69, 9.17) is 0 Å². The van der Waals surface area contributed by atoms with Gasteiger partial charge in [-0.3, -0.25) is 0 Å². The Bertz CT molecular complexity index is 378. The zero-order chi connectivity index (χ0) is 11.7. The highest BCUT2D eigenvalue weighted by atomic mass is 79.9. The van der Waals surface area contributed by atoms with Crippen LogP contribution in [0.15, 0.2) is 22.7 Å². The van der Waals surface area contributed by atoms with E-state index in [0.717, 1.165) is 12.0 Å². The van der Waals surface area contributed by atoms with Crippen LogP contribution in [0.3, 0.4) is 0 Å². The highest BCUT2D eigenvalue weighted by molar-refractivity contribution is 9.10. The van der Waals surface area contributed by atoms with Crippen molar-refractivity contribution >= 4 is 31.9 Å². The third-order valence-electron chi connectivity index (χ3n) is 3.64. The largest absolute Gasteiger partial charge is 0.206 e. The molecule has 0 saturated heterocycles. The minimum Gasteiger partial charge on any atom is -0.206 e. The Kier molecular flexibility index (Phi) is 4.06. The van der Waals surface area contributed by atoms with E-state index in [1.54, 1.807) is 6.07 Å². The predicted molar refractivity (Wildman–Crippen MR) is 72.4 cm³/mol. The van der Waals surface area contributed by atoms with Crippen molar-refractivity contribution in [3.05, 3.63) is 34.1 Å². The first-order valence-electron chi connectivity index (χ1n) is 5.66. The van der Waals surface area contributed by atoms with E-state index in [9.17, 15) is 4.39 Å². The van der Waals surface area contributed by atoms with Gasteiger partial charge in [0.2, 0.25) is 0 Å². The Morgan fingerprint density at radius 2 is 2.12 bits per heavy atom. The molecule has 3 unspecified atom stereocenters. The summed E-state index contributed by atoms with van der Waals surface area (Å²) in [5.74, 6) is 1.19. The lowest BCUT2D eigenvalue weighted by Crippen LogP contribution is -2.13. The summed E-state index contributed by atoms with van der Waals surface area (Å²) >= 11 is 7.04. The van der Waals surface area contributed by atoms with Gasteiger partial charge in [-0.2, -0.15) is 0 Å². The molecule has 1 aromatic rings. The number of halogens is 3. The molecule has 0 nitrogen and oxygen atoms in total. The van der Waals surface area contributed by atoms with Crippen LogP contribution < -0.4 is 0 Å². The summed E-state index contributed by atoms with van der Waals surface area (Å²) in [7, 11) is 0. The summed E-state index contributed by atoms with van der Waals surface area (Å²) in [5.41, 5.74) is 1.10. The lowest BCUT2D eigenvalue weighted by Gasteiger charge is -2.18. The molecule has 2 rings (SSSR count). The van der Waals surface area contributed by atoms with Crippen molar-refractivity contribution < 1.29 is 4.39 Å². The van der Waals surface area contributed by atoms with Crippen LogP contribution in [0.2, 0.25) is 0 Å². The molecule has 1 aromatic carbocycles. The molecule has 0 aromatic heterocycles. The van der Waals surface area contributed by atoms with Crippen molar-refractivity contribution in [2.75, 3.05) is 0 Å². The molecule has 1 aliphatic rings. The average Bonchev–Trinajstić information content (AvgIpc) is 2.57. The van der Waals surface area contributed by atoms with Crippen molar-refractivity contribution in [1.29, 1.82) is 0 Å². The first kappa shape index (κ1) is 12.6. The van der Waals surface area contributed by atoms with Crippen molar-refractivity contribution in [3.8, 4) is 0 Å². The summed E-state index contributed by atoms with van der Waals surface area (Å²) < 4.78 is 14.0. The van der Waals surface area contributed by atoms with Crippen molar-refractivity contribution in [2.24, 2.45) is 11.8 Å². The number of benzene rings is 1. The number of rotatable bonds is 2. The number of hydrogen-bond donors (Lipinski definition) is 0. The standard InChI is InChI=1S/C13H15Br2F/c1-8-9(5-6-11(8)14)7-10-3-2-4-12(16)13(10)15/h2-4,8-9,11H,5-7H2,1H3. The smallest absolute Gasteiger partial charge is 0.137 e. The van der Waals surface area contributed by atoms with Gasteiger partial charge in [-0.1, -0.05) is 35.0 Å². The van der Waals surface area contributed by atoms with Gasteiger partial charge in [0.1, 0.15) is 5.82 Å². The third-order valence-corrected chi connectivity index (χ3v) is 5.82. The summed E-state index contributed by atoms with van der Waals surface area (Å²) in [6, 6.07) is 5.31. The zero-order valence-corrected chi connectivity index (χ0v) is 12.4. The van der Waals surface area contributed by atoms with Gasteiger partial charge in [-0.25, -0.2) is 4.39 Å². The minimum absolute atomic E-state index is 0.154. The Hall–Kier alpha value is 0.110. The van der Waals surface area contributed by atoms with Gasteiger partial charge < -0.3 is 0 Å². The van der Waals surface area contributed by atoms with Crippen molar-refractivity contribution in [2.45, 2.75) is 31.0 Å². The molecule has 0 aliphatic heterocycles. The van der Waals surface area contributed by atoms with Crippen LogP contribution in [0.1, 0.15) is 25.3 Å². The number of alkyl halides is 1. The van der Waals surface area contributed by atoms with Crippen molar-refractivity contribution in [3.63, 3.8) is 0 Å². The van der Waals surface area contributed by atoms with E-state index < -0.39 is 0 Å². The SMILES string of the molecule is CC1C(Br)CCC1Cc1cccc(F)c1Br. The van der Waals surface area contributed by atoms with E-state index in [1.807, 2.05) is 6.07 Å². The first-order valence-corrected chi connectivity index (χ1v) is 7.37. The fraction of sp³-hybridized carbons (Fsp3) is 0.538. The molecule has 1 aliphatic carbocycles. The second-order valence-electron chi connectivity index (χ2n) is 4.63. The van der Waals surface area contributed by atoms with Gasteiger partial charge >= 0.3 is 0 Å². The highest BCUT2D eigenvalue weighted by Gasteiger charge is 2.31. The van der Waals surface area contributed by atoms with E-state index >= 15 is 0 Å². The fourth-order valence-electron chi connectivity index (χ4n) is 2.47. The molecule has 1 saturated carbocycles. The number of hydrogen-bond acceptors (Lipinski definition) is 0. The molecule has 0 heterocycles. The van der Waals surface area contributed by atoms with Gasteiger partial charge in [0, 0.05) is 4.83 Å². The van der Waals surface area contributed by atoms with E-state index in [-0.39, 0.29) is 5.82 Å². The van der Waals surface area contributed by atoms with Crippen LogP contribution >= 0.6 is 31.9 Å². The van der Waals surface area contributed by atoms with Crippen LogP contribution in [0.25, 0.3) is 0 Å². The minimum atomic E-state index is -0.154. The van der Waals surface area contributed by atoms with Crippen LogP contribution in [-0.4, -0.2) is 4.83 Å². The van der Waals surface area contributed by atoms with Gasteiger partial charge in [-0.05, 0) is 58.7 Å². The molecule has 0 bridgehead atoms. The summed E-state index contributed by atoms with van der Waals surface area (Å²) in [5, 5.41) is 0. The molecule has 0 radical (unpaired) electrons. The van der Waals surface area contributed by atoms with Crippen LogP contribution in [0.4, 0.5) is 4.39 Å². The predicted octanol–water partition coefficient (Wildman–Crippen LogP) is 4.94. The maximum Gasteiger partial charge on any atom is 0.137 e. The quantitative estimate of drug-likeness (QED) is 0.663. The Balaban J connectivity index is 2.12. The maximum absolute atomic E-state index is 13.4. The summed E-state index contributed by atoms with van der Waals surface area (Å²) in [6.45, 7) is 2.28. The first-order chi connectivity index (χ1) is 7.59. The maximum atomic E-state index is 13.4. The normalized spacial score (nSPS) is 29.6. The zero-order valence-electron chi connectivity index (χ0n) is 9.22. The molecular formula is C13H15Br2F. The van der Waals surface area contributed by atoms with Gasteiger partial charge in [0.15, 0.2) is 0 Å². The lowest BCUT2D eigenvalue weighted by atomic mass is 9.91. The molecule has 0 amide bonds. The Labute approximate surface area is 113 Å². The monoisotopic (exact) mass is 348 g/mol. The lowest BCUT2D eigenvalue weighted by molar-refractivity contribution is 0.422. The molecule has 3 heteroatoms. The fourth-order valence-corrected chi connectivity index (χ4v) is 3.59. The second kappa shape index (κ2) is 5.18. The molecule has 16 heavy (non-hydrogen) atoms. The average molecular weight is 350 g/mol. The summed E-state index contributed by atoms with van der Waals surface area (Å²) in [4.78, 5) is 0.629. The molecule has 0 N–H and O–H groups in total. The second-order valence-corrected chi connectivity index (χ2v) is 6.60. The van der Waals surface area contributed by atoms with Crippen LogP contribution in [0, 0.1) is 17.7 Å². The molecule has 88 valence electrons. The molecule has 1 fully saturated rings. The van der Waals surface area contributed by atoms with Crippen LogP contribution in [-0.2, 0) is 6.42 Å². The molecule has 3 atom stereocenters. The van der Waals surface area contributed by atoms with E-state index in [0.29, 0.717) is 21.1 Å². The van der Waals surface area contributed by atoms with Gasteiger partial charge in [0.25, 0.3) is 0 Å². The van der Waals surface area contributed by atoms with Gasteiger partial charge in [-0.15, -0.1) is 0 Å². The molecular weight excluding hydrogens is 335 g/mol. The third kappa shape index (κ3) is 2.51. The van der Waals surface area contributed by atoms with Gasteiger partial charge in [0.05, 0.1) is 4.47 Å². The van der Waals surface area contributed by atoms with Crippen LogP contribution in [0.5, 0.6) is 0 Å². The van der Waals surface area contributed by atoms with E-state index in [1.165, 1.54) is 18.9 Å².